The monoisotopic (exact) mass is 366 g/mol. The summed E-state index contributed by atoms with van der Waals surface area (Å²) in [6, 6.07) is 18.4. The predicted molar refractivity (Wildman–Crippen MR) is 93.4 cm³/mol. The summed E-state index contributed by atoms with van der Waals surface area (Å²) in [5, 5.41) is 0. The molecule has 2 rings (SSSR count). The van der Waals surface area contributed by atoms with Gasteiger partial charge in [0.15, 0.2) is 0 Å². The molecule has 0 aromatic heterocycles. The van der Waals surface area contributed by atoms with Crippen LogP contribution in [0.15, 0.2) is 59.1 Å². The van der Waals surface area contributed by atoms with Gasteiger partial charge in [-0.3, -0.25) is 0 Å². The minimum atomic E-state index is -0.0190. The van der Waals surface area contributed by atoms with Crippen LogP contribution in [0.3, 0.4) is 0 Å². The number of rotatable bonds is 7. The van der Waals surface area contributed by atoms with Crippen LogP contribution >= 0.6 is 27.5 Å². The number of hydrogen-bond donors (Lipinski definition) is 0. The first-order chi connectivity index (χ1) is 10.2. The standard InChI is InChI=1S/C18H20BrClO/c1-2-18(14-20,15-7-4-3-5-8-15)11-12-21-17-10-6-9-16(19)13-17/h3-10,13H,2,11-12,14H2,1H3. The molecular formula is C18H20BrClO. The minimum Gasteiger partial charge on any atom is -0.494 e. The van der Waals surface area contributed by atoms with Crippen LogP contribution in [-0.2, 0) is 5.41 Å². The summed E-state index contributed by atoms with van der Waals surface area (Å²) in [7, 11) is 0. The molecule has 0 bridgehead atoms. The minimum absolute atomic E-state index is 0.0190. The summed E-state index contributed by atoms with van der Waals surface area (Å²) in [4.78, 5) is 0. The number of halogens is 2. The highest BCUT2D eigenvalue weighted by Gasteiger charge is 2.29. The van der Waals surface area contributed by atoms with Gasteiger partial charge in [-0.25, -0.2) is 0 Å². The first-order valence-corrected chi connectivity index (χ1v) is 8.53. The molecular weight excluding hydrogens is 348 g/mol. The van der Waals surface area contributed by atoms with E-state index in [9.17, 15) is 0 Å². The summed E-state index contributed by atoms with van der Waals surface area (Å²) < 4.78 is 6.91. The molecule has 0 amide bonds. The maximum atomic E-state index is 6.30. The van der Waals surface area contributed by atoms with Crippen LogP contribution in [0.2, 0.25) is 0 Å². The third kappa shape index (κ3) is 4.24. The second-order valence-electron chi connectivity index (χ2n) is 5.19. The molecule has 2 aromatic rings. The Kier molecular flexibility index (Phi) is 6.13. The molecule has 2 aromatic carbocycles. The lowest BCUT2D eigenvalue weighted by atomic mass is 9.77. The van der Waals surface area contributed by atoms with Crippen molar-refractivity contribution in [2.75, 3.05) is 12.5 Å². The maximum absolute atomic E-state index is 6.30. The second-order valence-corrected chi connectivity index (χ2v) is 6.37. The van der Waals surface area contributed by atoms with E-state index < -0.39 is 0 Å². The Morgan fingerprint density at radius 2 is 1.86 bits per heavy atom. The van der Waals surface area contributed by atoms with Crippen molar-refractivity contribution in [3.63, 3.8) is 0 Å². The van der Waals surface area contributed by atoms with Crippen LogP contribution in [0.4, 0.5) is 0 Å². The van der Waals surface area contributed by atoms with E-state index in [0.717, 1.165) is 23.1 Å². The highest BCUT2D eigenvalue weighted by atomic mass is 79.9. The van der Waals surface area contributed by atoms with Crippen LogP contribution in [0.1, 0.15) is 25.3 Å². The number of ether oxygens (including phenoxy) is 1. The Balaban J connectivity index is 2.04. The molecule has 0 aliphatic carbocycles. The zero-order chi connectivity index (χ0) is 15.1. The SMILES string of the molecule is CCC(CCl)(CCOc1cccc(Br)c1)c1ccccc1. The van der Waals surface area contributed by atoms with Gasteiger partial charge >= 0.3 is 0 Å². The first-order valence-electron chi connectivity index (χ1n) is 7.20. The Morgan fingerprint density at radius 1 is 1.10 bits per heavy atom. The first kappa shape index (κ1) is 16.4. The van der Waals surface area contributed by atoms with E-state index in [0.29, 0.717) is 12.5 Å². The van der Waals surface area contributed by atoms with Crippen molar-refractivity contribution in [1.29, 1.82) is 0 Å². The smallest absolute Gasteiger partial charge is 0.120 e. The van der Waals surface area contributed by atoms with Crippen molar-refractivity contribution in [2.24, 2.45) is 0 Å². The average Bonchev–Trinajstić information content (AvgIpc) is 2.53. The normalized spacial score (nSPS) is 13.7. The van der Waals surface area contributed by atoms with Crippen molar-refractivity contribution in [3.8, 4) is 5.75 Å². The second kappa shape index (κ2) is 7.86. The molecule has 0 heterocycles. The van der Waals surface area contributed by atoms with Crippen molar-refractivity contribution in [3.05, 3.63) is 64.6 Å². The van der Waals surface area contributed by atoms with E-state index in [2.05, 4.69) is 47.1 Å². The molecule has 0 N–H and O–H groups in total. The third-order valence-corrected chi connectivity index (χ3v) is 4.97. The molecule has 112 valence electrons. The topological polar surface area (TPSA) is 9.23 Å². The highest BCUT2D eigenvalue weighted by molar-refractivity contribution is 9.10. The van der Waals surface area contributed by atoms with Gasteiger partial charge in [0.2, 0.25) is 0 Å². The van der Waals surface area contributed by atoms with Crippen molar-refractivity contribution in [2.45, 2.75) is 25.2 Å². The van der Waals surface area contributed by atoms with Gasteiger partial charge in [0.05, 0.1) is 6.61 Å². The molecule has 0 saturated carbocycles. The Hall–Kier alpha value is -0.990. The van der Waals surface area contributed by atoms with Gasteiger partial charge in [0.25, 0.3) is 0 Å². The largest absolute Gasteiger partial charge is 0.494 e. The van der Waals surface area contributed by atoms with E-state index in [1.54, 1.807) is 0 Å². The summed E-state index contributed by atoms with van der Waals surface area (Å²) in [5.41, 5.74) is 1.27. The van der Waals surface area contributed by atoms with Gasteiger partial charge in [-0.2, -0.15) is 0 Å². The third-order valence-electron chi connectivity index (χ3n) is 3.96. The Morgan fingerprint density at radius 3 is 2.48 bits per heavy atom. The Labute approximate surface area is 140 Å². The zero-order valence-electron chi connectivity index (χ0n) is 12.2. The zero-order valence-corrected chi connectivity index (χ0v) is 14.5. The molecule has 0 aliphatic heterocycles. The number of alkyl halides is 1. The fourth-order valence-electron chi connectivity index (χ4n) is 2.48. The lowest BCUT2D eigenvalue weighted by Gasteiger charge is -2.31. The lowest BCUT2D eigenvalue weighted by Crippen LogP contribution is -2.29. The molecule has 3 heteroatoms. The van der Waals surface area contributed by atoms with Gasteiger partial charge < -0.3 is 4.74 Å². The summed E-state index contributed by atoms with van der Waals surface area (Å²) in [5.74, 6) is 1.49. The van der Waals surface area contributed by atoms with Crippen LogP contribution in [0.25, 0.3) is 0 Å². The maximum Gasteiger partial charge on any atom is 0.120 e. The number of benzene rings is 2. The van der Waals surface area contributed by atoms with E-state index >= 15 is 0 Å². The summed E-state index contributed by atoms with van der Waals surface area (Å²) >= 11 is 9.76. The van der Waals surface area contributed by atoms with Crippen LogP contribution in [-0.4, -0.2) is 12.5 Å². The summed E-state index contributed by atoms with van der Waals surface area (Å²) in [6.45, 7) is 2.85. The van der Waals surface area contributed by atoms with E-state index in [4.69, 9.17) is 16.3 Å². The lowest BCUT2D eigenvalue weighted by molar-refractivity contribution is 0.262. The predicted octanol–water partition coefficient (Wildman–Crippen LogP) is 5.80. The fourth-order valence-corrected chi connectivity index (χ4v) is 3.33. The van der Waals surface area contributed by atoms with E-state index in [1.807, 2.05) is 30.3 Å². The molecule has 1 atom stereocenters. The Bertz CT molecular complexity index is 552. The molecule has 0 radical (unpaired) electrons. The molecule has 1 nitrogen and oxygen atoms in total. The molecule has 21 heavy (non-hydrogen) atoms. The van der Waals surface area contributed by atoms with Crippen molar-refractivity contribution < 1.29 is 4.74 Å². The molecule has 1 unspecified atom stereocenters. The van der Waals surface area contributed by atoms with E-state index in [1.165, 1.54) is 5.56 Å². The highest BCUT2D eigenvalue weighted by Crippen LogP contribution is 2.33. The molecule has 0 fully saturated rings. The fraction of sp³-hybridized carbons (Fsp3) is 0.333. The van der Waals surface area contributed by atoms with Gasteiger partial charge in [-0.1, -0.05) is 59.3 Å². The van der Waals surface area contributed by atoms with Gasteiger partial charge in [0.1, 0.15) is 5.75 Å². The van der Waals surface area contributed by atoms with Crippen molar-refractivity contribution >= 4 is 27.5 Å². The van der Waals surface area contributed by atoms with Gasteiger partial charge in [0, 0.05) is 15.8 Å². The van der Waals surface area contributed by atoms with Gasteiger partial charge in [-0.05, 0) is 36.6 Å². The molecule has 0 aliphatic rings. The van der Waals surface area contributed by atoms with Gasteiger partial charge in [-0.15, -0.1) is 11.6 Å². The molecule has 0 spiro atoms. The van der Waals surface area contributed by atoms with E-state index in [-0.39, 0.29) is 5.41 Å². The summed E-state index contributed by atoms with van der Waals surface area (Å²) in [6.07, 6.45) is 1.91. The number of hydrogen-bond acceptors (Lipinski definition) is 1. The van der Waals surface area contributed by atoms with Crippen molar-refractivity contribution in [1.82, 2.24) is 0 Å². The average molecular weight is 368 g/mol. The molecule has 0 saturated heterocycles. The van der Waals surface area contributed by atoms with Crippen LogP contribution in [0, 0.1) is 0 Å². The van der Waals surface area contributed by atoms with Crippen LogP contribution < -0.4 is 4.74 Å². The quantitative estimate of drug-likeness (QED) is 0.561. The van der Waals surface area contributed by atoms with Crippen LogP contribution in [0.5, 0.6) is 5.75 Å².